The lowest BCUT2D eigenvalue weighted by Gasteiger charge is -2.46. The van der Waals surface area contributed by atoms with E-state index in [1.807, 2.05) is 18.2 Å². The summed E-state index contributed by atoms with van der Waals surface area (Å²) in [4.78, 5) is 31.8. The van der Waals surface area contributed by atoms with Crippen LogP contribution in [0.4, 0.5) is 0 Å². The van der Waals surface area contributed by atoms with E-state index in [-0.39, 0.29) is 11.7 Å². The summed E-state index contributed by atoms with van der Waals surface area (Å²) in [6, 6.07) is 9.15. The summed E-state index contributed by atoms with van der Waals surface area (Å²) in [7, 11) is 0. The van der Waals surface area contributed by atoms with Gasteiger partial charge in [-0.3, -0.25) is 9.69 Å². The molecule has 2 saturated heterocycles. The minimum absolute atomic E-state index is 0.0410. The maximum Gasteiger partial charge on any atom is 0.360 e. The van der Waals surface area contributed by atoms with Crippen LogP contribution >= 0.6 is 0 Å². The number of fused-ring (bicyclic) bond motifs is 3. The summed E-state index contributed by atoms with van der Waals surface area (Å²) < 4.78 is 1.75. The van der Waals surface area contributed by atoms with Crippen LogP contribution in [0, 0.1) is 11.8 Å². The van der Waals surface area contributed by atoms with Crippen LogP contribution < -0.4 is 5.56 Å². The number of aromatic carboxylic acids is 1. The number of carbonyl (C=O) groups is 1. The van der Waals surface area contributed by atoms with Crippen LogP contribution in [0.3, 0.4) is 0 Å². The average molecular weight is 424 g/mol. The Morgan fingerprint density at radius 3 is 2.19 bits per heavy atom. The highest BCUT2D eigenvalue weighted by molar-refractivity contribution is 5.88. The molecule has 1 aromatic heterocycles. The Morgan fingerprint density at radius 1 is 0.968 bits per heavy atom. The van der Waals surface area contributed by atoms with Crippen LogP contribution in [0.5, 0.6) is 0 Å². The van der Waals surface area contributed by atoms with E-state index < -0.39 is 11.5 Å². The molecule has 0 unspecified atom stereocenters. The molecule has 5 rings (SSSR count). The van der Waals surface area contributed by atoms with Gasteiger partial charge < -0.3 is 9.67 Å². The second-order valence-electron chi connectivity index (χ2n) is 10.2. The third-order valence-corrected chi connectivity index (χ3v) is 8.23. The number of carboxylic acids is 1. The standard InChI is InChI=1S/C25H33N3O3/c1-15(2)16-7-9-17(10-8-16)27-18-11-12-19(27)14-20(13-18)28-22-6-4-3-5-21(22)26-23(24(28)29)25(30)31/h3-6,15-20H,7-14H2,1-2H3,(H,30,31)/t16-,17-,18-,19+,20+. The monoisotopic (exact) mass is 423 g/mol. The summed E-state index contributed by atoms with van der Waals surface area (Å²) in [5.74, 6) is 0.396. The van der Waals surface area contributed by atoms with E-state index >= 15 is 0 Å². The number of nitrogens with zero attached hydrogens (tertiary/aromatic N) is 3. The molecule has 3 atom stereocenters. The minimum Gasteiger partial charge on any atom is -0.476 e. The molecule has 166 valence electrons. The summed E-state index contributed by atoms with van der Waals surface area (Å²) in [6.07, 6.45) is 9.48. The molecule has 2 aliphatic heterocycles. The topological polar surface area (TPSA) is 75.4 Å². The highest BCUT2D eigenvalue weighted by atomic mass is 16.4. The van der Waals surface area contributed by atoms with E-state index in [4.69, 9.17) is 0 Å². The van der Waals surface area contributed by atoms with Gasteiger partial charge >= 0.3 is 5.97 Å². The van der Waals surface area contributed by atoms with Crippen LogP contribution in [0.15, 0.2) is 29.1 Å². The van der Waals surface area contributed by atoms with E-state index in [1.54, 1.807) is 10.6 Å². The zero-order valence-corrected chi connectivity index (χ0v) is 18.5. The van der Waals surface area contributed by atoms with Crippen LogP contribution in [0.25, 0.3) is 11.0 Å². The fraction of sp³-hybridized carbons (Fsp3) is 0.640. The van der Waals surface area contributed by atoms with Gasteiger partial charge in [-0.05, 0) is 75.3 Å². The normalized spacial score (nSPS) is 31.4. The third-order valence-electron chi connectivity index (χ3n) is 8.23. The Bertz CT molecular complexity index is 1020. The van der Waals surface area contributed by atoms with Gasteiger partial charge in [0.2, 0.25) is 5.69 Å². The number of rotatable bonds is 4. The lowest BCUT2D eigenvalue weighted by molar-refractivity contribution is 0.0331. The molecule has 0 spiro atoms. The summed E-state index contributed by atoms with van der Waals surface area (Å²) in [5.41, 5.74) is 0.524. The van der Waals surface area contributed by atoms with Gasteiger partial charge in [-0.25, -0.2) is 9.78 Å². The Kier molecular flexibility index (Phi) is 5.37. The van der Waals surface area contributed by atoms with Crippen molar-refractivity contribution in [3.8, 4) is 0 Å². The summed E-state index contributed by atoms with van der Waals surface area (Å²) >= 11 is 0. The molecular formula is C25H33N3O3. The molecule has 1 aliphatic carbocycles. The minimum atomic E-state index is -1.24. The van der Waals surface area contributed by atoms with E-state index in [9.17, 15) is 14.7 Å². The molecule has 2 aromatic rings. The zero-order chi connectivity index (χ0) is 21.7. The number of carboxylic acid groups (broad SMARTS) is 1. The molecule has 6 heteroatoms. The first-order chi connectivity index (χ1) is 14.9. The second-order valence-corrected chi connectivity index (χ2v) is 10.2. The number of aromatic nitrogens is 2. The fourth-order valence-electron chi connectivity index (χ4n) is 6.71. The second kappa shape index (κ2) is 8.05. The van der Waals surface area contributed by atoms with Crippen molar-refractivity contribution < 1.29 is 9.90 Å². The van der Waals surface area contributed by atoms with Gasteiger partial charge in [-0.2, -0.15) is 0 Å². The molecule has 0 radical (unpaired) electrons. The molecule has 2 bridgehead atoms. The Hall–Kier alpha value is -2.21. The van der Waals surface area contributed by atoms with E-state index in [2.05, 4.69) is 23.7 Å². The van der Waals surface area contributed by atoms with Gasteiger partial charge in [0, 0.05) is 24.2 Å². The average Bonchev–Trinajstić information content (AvgIpc) is 3.02. The first-order valence-corrected chi connectivity index (χ1v) is 12.0. The van der Waals surface area contributed by atoms with Crippen LogP contribution in [-0.4, -0.2) is 43.7 Å². The molecule has 6 nitrogen and oxygen atoms in total. The Balaban J connectivity index is 1.43. The predicted molar refractivity (Wildman–Crippen MR) is 120 cm³/mol. The van der Waals surface area contributed by atoms with Crippen LogP contribution in [0.2, 0.25) is 0 Å². The molecule has 3 heterocycles. The molecule has 0 amide bonds. The van der Waals surface area contributed by atoms with Crippen molar-refractivity contribution in [2.75, 3.05) is 0 Å². The quantitative estimate of drug-likeness (QED) is 0.785. The van der Waals surface area contributed by atoms with Crippen molar-refractivity contribution in [2.45, 2.75) is 89.4 Å². The summed E-state index contributed by atoms with van der Waals surface area (Å²) in [5, 5.41) is 9.55. The highest BCUT2D eigenvalue weighted by Gasteiger charge is 2.45. The SMILES string of the molecule is CC(C)[C@H]1CC[C@H](N2[C@@H]3CC[C@H]2C[C@@H](n2c(=O)c(C(=O)O)nc4ccccc42)C3)CC1. The maximum absolute atomic E-state index is 13.1. The van der Waals surface area contributed by atoms with Gasteiger partial charge in [-0.15, -0.1) is 0 Å². The van der Waals surface area contributed by atoms with Crippen LogP contribution in [-0.2, 0) is 0 Å². The van der Waals surface area contributed by atoms with E-state index in [0.717, 1.165) is 30.2 Å². The Labute approximate surface area is 183 Å². The lowest BCUT2D eigenvalue weighted by atomic mass is 9.78. The largest absolute Gasteiger partial charge is 0.476 e. The van der Waals surface area contributed by atoms with Gasteiger partial charge in [0.05, 0.1) is 11.0 Å². The maximum atomic E-state index is 13.1. The molecule has 3 aliphatic rings. The number of hydrogen-bond donors (Lipinski definition) is 1. The molecule has 1 aromatic carbocycles. The lowest BCUT2D eigenvalue weighted by Crippen LogP contribution is -2.51. The summed E-state index contributed by atoms with van der Waals surface area (Å²) in [6.45, 7) is 4.70. The molecule has 1 saturated carbocycles. The van der Waals surface area contributed by atoms with Crippen molar-refractivity contribution in [1.82, 2.24) is 14.5 Å². The van der Waals surface area contributed by atoms with Gasteiger partial charge in [0.25, 0.3) is 5.56 Å². The molecule has 31 heavy (non-hydrogen) atoms. The Morgan fingerprint density at radius 2 is 1.58 bits per heavy atom. The van der Waals surface area contributed by atoms with Crippen molar-refractivity contribution in [2.24, 2.45) is 11.8 Å². The number of benzene rings is 1. The van der Waals surface area contributed by atoms with Gasteiger partial charge in [-0.1, -0.05) is 26.0 Å². The van der Waals surface area contributed by atoms with Crippen molar-refractivity contribution in [1.29, 1.82) is 0 Å². The van der Waals surface area contributed by atoms with E-state index in [1.165, 1.54) is 38.5 Å². The number of piperidine rings is 1. The van der Waals surface area contributed by atoms with Gasteiger partial charge in [0.15, 0.2) is 0 Å². The first-order valence-electron chi connectivity index (χ1n) is 12.0. The first kappa shape index (κ1) is 20.7. The molecular weight excluding hydrogens is 390 g/mol. The number of para-hydroxylation sites is 2. The number of hydrogen-bond acceptors (Lipinski definition) is 4. The van der Waals surface area contributed by atoms with Crippen molar-refractivity contribution in [3.63, 3.8) is 0 Å². The fourth-order valence-corrected chi connectivity index (χ4v) is 6.71. The molecule has 1 N–H and O–H groups in total. The van der Waals surface area contributed by atoms with E-state index in [0.29, 0.717) is 23.6 Å². The third kappa shape index (κ3) is 3.59. The van der Waals surface area contributed by atoms with Gasteiger partial charge in [0.1, 0.15) is 0 Å². The highest BCUT2D eigenvalue weighted by Crippen LogP contribution is 2.45. The van der Waals surface area contributed by atoms with Crippen molar-refractivity contribution in [3.05, 3.63) is 40.3 Å². The zero-order valence-electron chi connectivity index (χ0n) is 18.5. The predicted octanol–water partition coefficient (Wildman–Crippen LogP) is 4.48. The van der Waals surface area contributed by atoms with Crippen molar-refractivity contribution >= 4 is 17.0 Å². The smallest absolute Gasteiger partial charge is 0.360 e. The molecule has 3 fully saturated rings. The van der Waals surface area contributed by atoms with Crippen LogP contribution in [0.1, 0.15) is 81.7 Å².